The van der Waals surface area contributed by atoms with E-state index in [1.165, 1.54) is 0 Å². The predicted octanol–water partition coefficient (Wildman–Crippen LogP) is 4.46. The summed E-state index contributed by atoms with van der Waals surface area (Å²) in [5.41, 5.74) is 1.55. The lowest BCUT2D eigenvalue weighted by Gasteiger charge is -2.22. The molecule has 0 saturated carbocycles. The van der Waals surface area contributed by atoms with E-state index in [9.17, 15) is 0 Å². The Hall–Kier alpha value is -3.17. The van der Waals surface area contributed by atoms with E-state index in [2.05, 4.69) is 54.0 Å². The highest BCUT2D eigenvalue weighted by Crippen LogP contribution is 2.34. The van der Waals surface area contributed by atoms with Crippen molar-refractivity contribution >= 4 is 22.9 Å². The zero-order valence-corrected chi connectivity index (χ0v) is 16.2. The van der Waals surface area contributed by atoms with E-state index in [1.807, 2.05) is 40.9 Å². The van der Waals surface area contributed by atoms with Crippen LogP contribution in [0.2, 0.25) is 0 Å². The first-order chi connectivity index (χ1) is 13.0. The molecule has 0 aliphatic heterocycles. The van der Waals surface area contributed by atoms with Crippen LogP contribution in [-0.4, -0.2) is 24.9 Å². The van der Waals surface area contributed by atoms with Crippen molar-refractivity contribution in [1.82, 2.24) is 19.4 Å². The molecule has 0 spiro atoms. The van der Waals surface area contributed by atoms with Gasteiger partial charge in [0.25, 0.3) is 0 Å². The lowest BCUT2D eigenvalue weighted by atomic mass is 10.1. The first kappa shape index (κ1) is 17.3. The first-order valence-electron chi connectivity index (χ1n) is 8.64. The Balaban J connectivity index is 1.74. The summed E-state index contributed by atoms with van der Waals surface area (Å²) in [5, 5.41) is 3.56. The molecule has 0 aliphatic carbocycles. The minimum absolute atomic E-state index is 0.0978. The molecule has 0 aliphatic rings. The van der Waals surface area contributed by atoms with Crippen LogP contribution in [0.25, 0.3) is 16.3 Å². The highest BCUT2D eigenvalue weighted by atomic mass is 32.1. The largest absolute Gasteiger partial charge is 0.365 e. The summed E-state index contributed by atoms with van der Waals surface area (Å²) in [6.45, 7) is 6.39. The van der Waals surface area contributed by atoms with Crippen LogP contribution in [0, 0.1) is 11.8 Å². The van der Waals surface area contributed by atoms with E-state index >= 15 is 0 Å². The van der Waals surface area contributed by atoms with Crippen LogP contribution in [0.4, 0.5) is 5.82 Å². The second-order valence-corrected chi connectivity index (χ2v) is 8.19. The second kappa shape index (κ2) is 6.86. The Bertz CT molecular complexity index is 1140. The Kier molecular flexibility index (Phi) is 4.38. The normalized spacial score (nSPS) is 11.2. The number of hydrogen-bond acceptors (Lipinski definition) is 5. The van der Waals surface area contributed by atoms with Crippen molar-refractivity contribution < 1.29 is 0 Å². The van der Waals surface area contributed by atoms with Gasteiger partial charge >= 0.3 is 0 Å². The van der Waals surface area contributed by atoms with Gasteiger partial charge in [0.1, 0.15) is 17.2 Å². The number of pyridine rings is 1. The quantitative estimate of drug-likeness (QED) is 0.527. The Morgan fingerprint density at radius 3 is 2.63 bits per heavy atom. The Morgan fingerprint density at radius 2 is 1.85 bits per heavy atom. The summed E-state index contributed by atoms with van der Waals surface area (Å²) in [5.74, 6) is 7.91. The van der Waals surface area contributed by atoms with Gasteiger partial charge in [0.2, 0.25) is 5.78 Å². The van der Waals surface area contributed by atoms with Crippen molar-refractivity contribution in [3.05, 3.63) is 65.6 Å². The third-order valence-electron chi connectivity index (χ3n) is 3.72. The smallest absolute Gasteiger partial charge is 0.236 e. The van der Waals surface area contributed by atoms with E-state index in [4.69, 9.17) is 4.98 Å². The monoisotopic (exact) mass is 373 g/mol. The summed E-state index contributed by atoms with van der Waals surface area (Å²) < 4.78 is 1.99. The lowest BCUT2D eigenvalue weighted by Crippen LogP contribution is -2.27. The van der Waals surface area contributed by atoms with Crippen LogP contribution < -0.4 is 5.32 Å². The standard InChI is InChI=1S/C21H19N5S/c1-21(2,3)25-19-18(24-20-23-13-6-14-26(19)20)17-11-10-16(27-17)9-8-15-7-4-5-12-22-15/h4-7,10-14,25H,1-3H3. The molecule has 5 nitrogen and oxygen atoms in total. The molecule has 0 radical (unpaired) electrons. The molecule has 134 valence electrons. The van der Waals surface area contributed by atoms with Crippen LogP contribution in [0.1, 0.15) is 31.3 Å². The highest BCUT2D eigenvalue weighted by Gasteiger charge is 2.20. The minimum Gasteiger partial charge on any atom is -0.365 e. The number of nitrogens with one attached hydrogen (secondary N) is 1. The molecule has 4 heterocycles. The SMILES string of the molecule is CC(C)(C)Nc1c(-c2ccc(C#Cc3ccccn3)s2)nc2ncccn12. The van der Waals surface area contributed by atoms with Crippen molar-refractivity contribution in [2.45, 2.75) is 26.3 Å². The third kappa shape index (κ3) is 3.83. The fraction of sp³-hybridized carbons (Fsp3) is 0.190. The van der Waals surface area contributed by atoms with Gasteiger partial charge in [-0.2, -0.15) is 0 Å². The van der Waals surface area contributed by atoms with E-state index in [1.54, 1.807) is 23.7 Å². The van der Waals surface area contributed by atoms with Crippen LogP contribution in [0.15, 0.2) is 55.0 Å². The summed E-state index contributed by atoms with van der Waals surface area (Å²) in [7, 11) is 0. The molecule has 0 unspecified atom stereocenters. The van der Waals surface area contributed by atoms with Gasteiger partial charge in [-0.05, 0) is 62.9 Å². The maximum atomic E-state index is 4.74. The van der Waals surface area contributed by atoms with Gasteiger partial charge in [0.05, 0.1) is 9.75 Å². The topological polar surface area (TPSA) is 55.1 Å². The van der Waals surface area contributed by atoms with Gasteiger partial charge in [-0.1, -0.05) is 6.07 Å². The van der Waals surface area contributed by atoms with Crippen molar-refractivity contribution in [3.63, 3.8) is 0 Å². The van der Waals surface area contributed by atoms with Gasteiger partial charge < -0.3 is 5.32 Å². The van der Waals surface area contributed by atoms with Gasteiger partial charge in [-0.25, -0.2) is 15.0 Å². The summed E-state index contributed by atoms with van der Waals surface area (Å²) >= 11 is 1.62. The van der Waals surface area contributed by atoms with Gasteiger partial charge in [-0.3, -0.25) is 4.40 Å². The summed E-state index contributed by atoms with van der Waals surface area (Å²) in [6.07, 6.45) is 5.48. The molecule has 27 heavy (non-hydrogen) atoms. The average Bonchev–Trinajstić information content (AvgIpc) is 3.25. The Labute approximate surface area is 162 Å². The number of fused-ring (bicyclic) bond motifs is 1. The van der Waals surface area contributed by atoms with E-state index < -0.39 is 0 Å². The number of rotatable bonds is 2. The third-order valence-corrected chi connectivity index (χ3v) is 4.72. The molecule has 4 aromatic rings. The molecule has 4 aromatic heterocycles. The zero-order chi connectivity index (χ0) is 18.9. The van der Waals surface area contributed by atoms with Crippen LogP contribution in [0.3, 0.4) is 0 Å². The lowest BCUT2D eigenvalue weighted by molar-refractivity contribution is 0.629. The number of thiophene rings is 1. The molecule has 6 heteroatoms. The zero-order valence-electron chi connectivity index (χ0n) is 15.4. The molecule has 1 N–H and O–H groups in total. The van der Waals surface area contributed by atoms with Crippen molar-refractivity contribution in [1.29, 1.82) is 0 Å². The van der Waals surface area contributed by atoms with Crippen LogP contribution >= 0.6 is 11.3 Å². The van der Waals surface area contributed by atoms with Crippen molar-refractivity contribution in [2.24, 2.45) is 0 Å². The van der Waals surface area contributed by atoms with E-state index in [0.29, 0.717) is 5.78 Å². The van der Waals surface area contributed by atoms with Gasteiger partial charge in [-0.15, -0.1) is 11.3 Å². The average molecular weight is 373 g/mol. The van der Waals surface area contributed by atoms with E-state index in [0.717, 1.165) is 27.0 Å². The van der Waals surface area contributed by atoms with Gasteiger partial charge in [0.15, 0.2) is 0 Å². The number of anilines is 1. The maximum Gasteiger partial charge on any atom is 0.236 e. The van der Waals surface area contributed by atoms with Crippen molar-refractivity contribution in [3.8, 4) is 22.4 Å². The molecule has 0 bridgehead atoms. The molecular weight excluding hydrogens is 354 g/mol. The molecule has 0 aromatic carbocycles. The minimum atomic E-state index is -0.0978. The van der Waals surface area contributed by atoms with Crippen molar-refractivity contribution in [2.75, 3.05) is 5.32 Å². The van der Waals surface area contributed by atoms with E-state index in [-0.39, 0.29) is 5.54 Å². The molecular formula is C21H19N5S. The predicted molar refractivity (Wildman–Crippen MR) is 110 cm³/mol. The number of imidazole rings is 1. The number of aromatic nitrogens is 4. The fourth-order valence-electron chi connectivity index (χ4n) is 2.63. The molecule has 0 fully saturated rings. The summed E-state index contributed by atoms with van der Waals surface area (Å²) in [4.78, 5) is 15.4. The van der Waals surface area contributed by atoms with Crippen LogP contribution in [-0.2, 0) is 0 Å². The number of nitrogens with zero attached hydrogens (tertiary/aromatic N) is 4. The second-order valence-electron chi connectivity index (χ2n) is 7.10. The van der Waals surface area contributed by atoms with Crippen LogP contribution in [0.5, 0.6) is 0 Å². The van der Waals surface area contributed by atoms with Gasteiger partial charge in [0, 0.05) is 24.1 Å². The maximum absolute atomic E-state index is 4.74. The highest BCUT2D eigenvalue weighted by molar-refractivity contribution is 7.16. The molecule has 4 rings (SSSR count). The first-order valence-corrected chi connectivity index (χ1v) is 9.46. The molecule has 0 atom stereocenters. The number of hydrogen-bond donors (Lipinski definition) is 1. The molecule has 0 amide bonds. The summed E-state index contributed by atoms with van der Waals surface area (Å²) in [6, 6.07) is 11.7. The molecule has 0 saturated heterocycles. The Morgan fingerprint density at radius 1 is 1.00 bits per heavy atom. The fourth-order valence-corrected chi connectivity index (χ4v) is 3.48.